The topological polar surface area (TPSA) is 73.6 Å². The molecular weight excluding hydrogens is 248 g/mol. The minimum absolute atomic E-state index is 0.00880. The van der Waals surface area contributed by atoms with Crippen LogP contribution < -0.4 is 5.32 Å². The molecule has 0 amide bonds. The quantitative estimate of drug-likeness (QED) is 0.669. The number of rotatable bonds is 4. The molecule has 0 aromatic heterocycles. The van der Waals surface area contributed by atoms with Crippen molar-refractivity contribution in [1.82, 2.24) is 0 Å². The largest absolute Gasteiger partial charge is 0.382 e. The van der Waals surface area contributed by atoms with Gasteiger partial charge < -0.3 is 14.8 Å². The molecule has 0 spiro atoms. The van der Waals surface area contributed by atoms with Crippen molar-refractivity contribution in [3.63, 3.8) is 0 Å². The second-order valence-corrected chi connectivity index (χ2v) is 5.09. The van der Waals surface area contributed by atoms with Crippen molar-refractivity contribution in [1.29, 1.82) is 0 Å². The summed E-state index contributed by atoms with van der Waals surface area (Å²) < 4.78 is 11.1. The van der Waals surface area contributed by atoms with Gasteiger partial charge in [0.05, 0.1) is 11.5 Å². The van der Waals surface area contributed by atoms with Crippen LogP contribution in [0.5, 0.6) is 0 Å². The molecule has 6 heteroatoms. The van der Waals surface area contributed by atoms with E-state index >= 15 is 0 Å². The lowest BCUT2D eigenvalue weighted by Crippen LogP contribution is -2.26. The maximum Gasteiger partial charge on any atom is 0.272 e. The number of nitro benzene ring substituents is 1. The third-order valence-corrected chi connectivity index (χ3v) is 2.99. The van der Waals surface area contributed by atoms with Crippen molar-refractivity contribution in [3.8, 4) is 0 Å². The molecule has 104 valence electrons. The summed E-state index contributed by atoms with van der Waals surface area (Å²) in [7, 11) is 0. The van der Waals surface area contributed by atoms with Crippen LogP contribution in [0.1, 0.15) is 19.4 Å². The molecule has 0 saturated carbocycles. The molecule has 0 bridgehead atoms. The first-order valence-corrected chi connectivity index (χ1v) is 6.18. The number of hydrogen-bond donors (Lipinski definition) is 1. The summed E-state index contributed by atoms with van der Waals surface area (Å²) in [6.07, 6.45) is -0.00880. The lowest BCUT2D eigenvalue weighted by Gasteiger charge is -2.17. The molecule has 19 heavy (non-hydrogen) atoms. The van der Waals surface area contributed by atoms with E-state index in [0.29, 0.717) is 18.7 Å². The standard InChI is InChI=1S/C13H18N2O4/c1-9-6-10(4-5-12(9)15(16)17)14-7-11-8-18-13(2,3)19-11/h4-6,11,14H,7-8H2,1-3H3. The van der Waals surface area contributed by atoms with E-state index in [0.717, 1.165) is 5.69 Å². The van der Waals surface area contributed by atoms with Crippen molar-refractivity contribution < 1.29 is 14.4 Å². The summed E-state index contributed by atoms with van der Waals surface area (Å²) in [6.45, 7) is 6.64. The van der Waals surface area contributed by atoms with E-state index in [1.807, 2.05) is 13.8 Å². The predicted molar refractivity (Wildman–Crippen MR) is 71.2 cm³/mol. The number of anilines is 1. The van der Waals surface area contributed by atoms with Gasteiger partial charge in [-0.15, -0.1) is 0 Å². The number of nitro groups is 1. The molecule has 0 aliphatic carbocycles. The average Bonchev–Trinajstić information content (AvgIpc) is 2.66. The maximum absolute atomic E-state index is 10.7. The number of aryl methyl sites for hydroxylation is 1. The van der Waals surface area contributed by atoms with Gasteiger partial charge in [-0.05, 0) is 32.9 Å². The molecular formula is C13H18N2O4. The zero-order valence-corrected chi connectivity index (χ0v) is 11.3. The van der Waals surface area contributed by atoms with Crippen LogP contribution >= 0.6 is 0 Å². The molecule has 1 aliphatic rings. The monoisotopic (exact) mass is 266 g/mol. The predicted octanol–water partition coefficient (Wildman–Crippen LogP) is 2.47. The van der Waals surface area contributed by atoms with E-state index in [9.17, 15) is 10.1 Å². The summed E-state index contributed by atoms with van der Waals surface area (Å²) in [6, 6.07) is 4.97. The van der Waals surface area contributed by atoms with Crippen LogP contribution in [0, 0.1) is 17.0 Å². The Kier molecular flexibility index (Phi) is 3.73. The van der Waals surface area contributed by atoms with Crippen LogP contribution in [-0.2, 0) is 9.47 Å². The molecule has 1 heterocycles. The first-order valence-electron chi connectivity index (χ1n) is 6.18. The highest BCUT2D eigenvalue weighted by Crippen LogP contribution is 2.24. The number of nitrogens with zero attached hydrogens (tertiary/aromatic N) is 1. The van der Waals surface area contributed by atoms with Gasteiger partial charge in [0.1, 0.15) is 6.10 Å². The first kappa shape index (κ1) is 13.8. The highest BCUT2D eigenvalue weighted by atomic mass is 16.7. The van der Waals surface area contributed by atoms with Gasteiger partial charge in [0.25, 0.3) is 5.69 Å². The van der Waals surface area contributed by atoms with Crippen LogP contribution in [0.4, 0.5) is 11.4 Å². The summed E-state index contributed by atoms with van der Waals surface area (Å²) in [5.41, 5.74) is 1.61. The van der Waals surface area contributed by atoms with Gasteiger partial charge in [0, 0.05) is 23.9 Å². The fourth-order valence-electron chi connectivity index (χ4n) is 2.07. The second-order valence-electron chi connectivity index (χ2n) is 5.09. The number of hydrogen-bond acceptors (Lipinski definition) is 5. The fourth-order valence-corrected chi connectivity index (χ4v) is 2.07. The number of nitrogens with one attached hydrogen (secondary N) is 1. The van der Waals surface area contributed by atoms with Gasteiger partial charge in [-0.2, -0.15) is 0 Å². The van der Waals surface area contributed by atoms with Crippen LogP contribution in [0.15, 0.2) is 18.2 Å². The van der Waals surface area contributed by atoms with Crippen molar-refractivity contribution >= 4 is 11.4 Å². The minimum atomic E-state index is -0.530. The Bertz CT molecular complexity index is 488. The van der Waals surface area contributed by atoms with Crippen LogP contribution in [0.25, 0.3) is 0 Å². The Balaban J connectivity index is 1.94. The SMILES string of the molecule is Cc1cc(NCC2COC(C)(C)O2)ccc1[N+](=O)[O-]. The Hall–Kier alpha value is -1.66. The van der Waals surface area contributed by atoms with E-state index in [1.54, 1.807) is 19.1 Å². The van der Waals surface area contributed by atoms with E-state index < -0.39 is 5.79 Å². The molecule has 2 rings (SSSR count). The molecule has 1 fully saturated rings. The zero-order valence-electron chi connectivity index (χ0n) is 11.3. The lowest BCUT2D eigenvalue weighted by molar-refractivity contribution is -0.385. The molecule has 1 aromatic carbocycles. The van der Waals surface area contributed by atoms with Crippen LogP contribution in [0.3, 0.4) is 0 Å². The van der Waals surface area contributed by atoms with Crippen molar-refractivity contribution in [2.75, 3.05) is 18.5 Å². The average molecular weight is 266 g/mol. The molecule has 1 aromatic rings. The third kappa shape index (κ3) is 3.42. The maximum atomic E-state index is 10.7. The van der Waals surface area contributed by atoms with Gasteiger partial charge in [-0.3, -0.25) is 10.1 Å². The zero-order chi connectivity index (χ0) is 14.0. The van der Waals surface area contributed by atoms with Gasteiger partial charge >= 0.3 is 0 Å². The smallest absolute Gasteiger partial charge is 0.272 e. The van der Waals surface area contributed by atoms with Crippen LogP contribution in [-0.4, -0.2) is 30.0 Å². The Labute approximate surface area is 111 Å². The van der Waals surface area contributed by atoms with Gasteiger partial charge in [-0.25, -0.2) is 0 Å². The number of ether oxygens (including phenoxy) is 2. The molecule has 1 saturated heterocycles. The van der Waals surface area contributed by atoms with Crippen molar-refractivity contribution in [2.45, 2.75) is 32.7 Å². The first-order chi connectivity index (χ1) is 8.87. The lowest BCUT2D eigenvalue weighted by atomic mass is 10.2. The Morgan fingerprint density at radius 1 is 1.53 bits per heavy atom. The van der Waals surface area contributed by atoms with E-state index in [1.165, 1.54) is 6.07 Å². The Morgan fingerprint density at radius 2 is 2.26 bits per heavy atom. The summed E-state index contributed by atoms with van der Waals surface area (Å²) in [4.78, 5) is 10.3. The Morgan fingerprint density at radius 3 is 2.79 bits per heavy atom. The molecule has 1 aliphatic heterocycles. The van der Waals surface area contributed by atoms with Gasteiger partial charge in [-0.1, -0.05) is 0 Å². The molecule has 1 N–H and O–H groups in total. The second kappa shape index (κ2) is 5.14. The van der Waals surface area contributed by atoms with Crippen molar-refractivity contribution in [3.05, 3.63) is 33.9 Å². The molecule has 1 atom stereocenters. The van der Waals surface area contributed by atoms with Gasteiger partial charge in [0.2, 0.25) is 0 Å². The molecule has 6 nitrogen and oxygen atoms in total. The summed E-state index contributed by atoms with van der Waals surface area (Å²) in [5, 5.41) is 13.9. The highest BCUT2D eigenvalue weighted by Gasteiger charge is 2.32. The minimum Gasteiger partial charge on any atom is -0.382 e. The number of benzene rings is 1. The van der Waals surface area contributed by atoms with E-state index in [-0.39, 0.29) is 16.7 Å². The molecule has 0 radical (unpaired) electrons. The third-order valence-electron chi connectivity index (χ3n) is 2.99. The summed E-state index contributed by atoms with van der Waals surface area (Å²) >= 11 is 0. The highest BCUT2D eigenvalue weighted by molar-refractivity contribution is 5.53. The molecule has 1 unspecified atom stereocenters. The van der Waals surface area contributed by atoms with Gasteiger partial charge in [0.15, 0.2) is 5.79 Å². The fraction of sp³-hybridized carbons (Fsp3) is 0.538. The van der Waals surface area contributed by atoms with Crippen molar-refractivity contribution in [2.24, 2.45) is 0 Å². The summed E-state index contributed by atoms with van der Waals surface area (Å²) in [5.74, 6) is -0.530. The normalized spacial score (nSPS) is 21.3. The van der Waals surface area contributed by atoms with Crippen LogP contribution in [0.2, 0.25) is 0 Å². The van der Waals surface area contributed by atoms with E-state index in [2.05, 4.69) is 5.32 Å². The van der Waals surface area contributed by atoms with E-state index in [4.69, 9.17) is 9.47 Å².